The number of carbonyl (C=O) groups excluding carboxylic acids is 2. The van der Waals surface area contributed by atoms with Crippen LogP contribution in [0.5, 0.6) is 0 Å². The first-order chi connectivity index (χ1) is 12.1. The minimum absolute atomic E-state index is 0.0632. The highest BCUT2D eigenvalue weighted by molar-refractivity contribution is 7.14. The van der Waals surface area contributed by atoms with Gasteiger partial charge in [0.05, 0.1) is 11.4 Å². The van der Waals surface area contributed by atoms with Crippen molar-refractivity contribution in [2.24, 2.45) is 11.8 Å². The summed E-state index contributed by atoms with van der Waals surface area (Å²) in [5, 5.41) is 0. The lowest BCUT2D eigenvalue weighted by Crippen LogP contribution is -2.47. The fourth-order valence-corrected chi connectivity index (χ4v) is 4.69. The number of rotatable bonds is 3. The first-order valence-corrected chi connectivity index (χ1v) is 9.76. The Morgan fingerprint density at radius 2 is 2.08 bits per heavy atom. The number of hydrogen-bond donors (Lipinski definition) is 2. The van der Waals surface area contributed by atoms with Crippen LogP contribution in [0, 0.1) is 24.2 Å². The van der Waals surface area contributed by atoms with Gasteiger partial charge in [-0.25, -0.2) is 0 Å². The second kappa shape index (κ2) is 8.03. The topological polar surface area (TPSA) is 61.4 Å². The molecule has 1 fully saturated rings. The Labute approximate surface area is 153 Å². The molecule has 2 amide bonds. The van der Waals surface area contributed by atoms with Crippen LogP contribution >= 0.6 is 11.3 Å². The van der Waals surface area contributed by atoms with Crippen molar-refractivity contribution in [3.63, 3.8) is 0 Å². The van der Waals surface area contributed by atoms with Gasteiger partial charge in [-0.1, -0.05) is 12.8 Å². The van der Waals surface area contributed by atoms with E-state index in [0.717, 1.165) is 38.8 Å². The molecule has 1 unspecified atom stereocenters. The lowest BCUT2D eigenvalue weighted by Gasteiger charge is -2.29. The summed E-state index contributed by atoms with van der Waals surface area (Å²) in [7, 11) is 0. The fourth-order valence-electron chi connectivity index (χ4n) is 3.58. The maximum atomic E-state index is 12.3. The summed E-state index contributed by atoms with van der Waals surface area (Å²) in [6.45, 7) is 4.53. The van der Waals surface area contributed by atoms with Crippen molar-refractivity contribution >= 4 is 23.2 Å². The van der Waals surface area contributed by atoms with Gasteiger partial charge < -0.3 is 0 Å². The van der Waals surface area contributed by atoms with Gasteiger partial charge in [-0.3, -0.25) is 25.3 Å². The van der Waals surface area contributed by atoms with E-state index in [-0.39, 0.29) is 17.7 Å². The van der Waals surface area contributed by atoms with E-state index < -0.39 is 0 Å². The summed E-state index contributed by atoms with van der Waals surface area (Å²) in [5.74, 6) is 2.92. The maximum absolute atomic E-state index is 12.3. The average molecular weight is 359 g/mol. The van der Waals surface area contributed by atoms with Crippen molar-refractivity contribution in [3.05, 3.63) is 21.4 Å². The molecule has 0 spiro atoms. The molecule has 1 atom stereocenters. The van der Waals surface area contributed by atoms with Gasteiger partial charge in [0.2, 0.25) is 5.91 Å². The zero-order valence-electron chi connectivity index (χ0n) is 14.6. The largest absolute Gasteiger partial charge is 0.292 e. The van der Waals surface area contributed by atoms with Gasteiger partial charge in [0.15, 0.2) is 0 Å². The van der Waals surface area contributed by atoms with Gasteiger partial charge in [0.25, 0.3) is 5.91 Å². The smallest absolute Gasteiger partial charge is 0.279 e. The molecule has 25 heavy (non-hydrogen) atoms. The predicted molar refractivity (Wildman–Crippen MR) is 99.1 cm³/mol. The molecular weight excluding hydrogens is 334 g/mol. The van der Waals surface area contributed by atoms with Gasteiger partial charge in [-0.15, -0.1) is 17.8 Å². The summed E-state index contributed by atoms with van der Waals surface area (Å²) in [6, 6.07) is 1.98. The Balaban J connectivity index is 1.48. The van der Waals surface area contributed by atoms with Gasteiger partial charge in [-0.2, -0.15) is 0 Å². The molecule has 3 rings (SSSR count). The van der Waals surface area contributed by atoms with E-state index in [1.807, 2.05) is 6.07 Å². The van der Waals surface area contributed by atoms with Crippen molar-refractivity contribution in [2.45, 2.75) is 39.0 Å². The number of fused-ring (bicyclic) bond motifs is 1. The van der Waals surface area contributed by atoms with Gasteiger partial charge in [0, 0.05) is 10.8 Å². The summed E-state index contributed by atoms with van der Waals surface area (Å²) >= 11 is 1.55. The molecular formula is C19H25N3O2S. The van der Waals surface area contributed by atoms with E-state index in [2.05, 4.69) is 28.6 Å². The van der Waals surface area contributed by atoms with E-state index in [1.54, 1.807) is 11.3 Å². The number of amides is 2. The summed E-state index contributed by atoms with van der Waals surface area (Å²) < 4.78 is 0. The van der Waals surface area contributed by atoms with E-state index in [0.29, 0.717) is 17.3 Å². The molecule has 1 aliphatic heterocycles. The zero-order valence-corrected chi connectivity index (χ0v) is 15.5. The average Bonchev–Trinajstić information content (AvgIpc) is 3.03. The Kier molecular flexibility index (Phi) is 5.77. The Morgan fingerprint density at radius 1 is 1.32 bits per heavy atom. The number of carbonyl (C=O) groups is 2. The standard InChI is InChI=1S/C19H25N3O2S/c1-3-8-22-9-6-14(7-10-22)18(23)20-21-19(24)17-12-15-11-13(2)4-5-16(15)25-17/h1,12-14H,4-11H2,2H3,(H,20,23)(H,21,24). The molecule has 0 saturated carbocycles. The number of hydrogen-bond acceptors (Lipinski definition) is 4. The van der Waals surface area contributed by atoms with Crippen LogP contribution in [0.2, 0.25) is 0 Å². The number of likely N-dealkylation sites (tertiary alicyclic amines) is 1. The van der Waals surface area contributed by atoms with Gasteiger partial charge >= 0.3 is 0 Å². The number of nitrogens with one attached hydrogen (secondary N) is 2. The quantitative estimate of drug-likeness (QED) is 0.641. The zero-order chi connectivity index (χ0) is 17.8. The molecule has 0 aromatic carbocycles. The number of piperidine rings is 1. The summed E-state index contributed by atoms with van der Waals surface area (Å²) in [6.07, 6.45) is 10.1. The van der Waals surface area contributed by atoms with E-state index in [4.69, 9.17) is 6.42 Å². The Morgan fingerprint density at radius 3 is 2.80 bits per heavy atom. The lowest BCUT2D eigenvalue weighted by molar-refractivity contribution is -0.127. The number of thiophene rings is 1. The van der Waals surface area contributed by atoms with E-state index in [9.17, 15) is 9.59 Å². The van der Waals surface area contributed by atoms with Crippen molar-refractivity contribution in [1.29, 1.82) is 0 Å². The van der Waals surface area contributed by atoms with Crippen molar-refractivity contribution in [2.75, 3.05) is 19.6 Å². The third kappa shape index (κ3) is 4.42. The summed E-state index contributed by atoms with van der Waals surface area (Å²) in [5.41, 5.74) is 6.47. The second-order valence-corrected chi connectivity index (χ2v) is 8.24. The lowest BCUT2D eigenvalue weighted by atomic mass is 9.90. The van der Waals surface area contributed by atoms with E-state index >= 15 is 0 Å². The molecule has 1 aliphatic carbocycles. The third-order valence-electron chi connectivity index (χ3n) is 5.13. The SMILES string of the molecule is C#CCN1CCC(C(=O)NNC(=O)c2cc3c(s2)CCC(C)C3)CC1. The molecule has 2 aliphatic rings. The molecule has 2 N–H and O–H groups in total. The third-order valence-corrected chi connectivity index (χ3v) is 6.36. The normalized spacial score (nSPS) is 21.2. The first-order valence-electron chi connectivity index (χ1n) is 8.94. The van der Waals surface area contributed by atoms with Crippen LogP contribution in [0.4, 0.5) is 0 Å². The van der Waals surface area contributed by atoms with Crippen molar-refractivity contribution < 1.29 is 9.59 Å². The van der Waals surface area contributed by atoms with Crippen LogP contribution in [-0.2, 0) is 17.6 Å². The molecule has 2 heterocycles. The van der Waals surface area contributed by atoms with E-state index in [1.165, 1.54) is 16.9 Å². The number of aryl methyl sites for hydroxylation is 1. The highest BCUT2D eigenvalue weighted by Gasteiger charge is 2.25. The minimum Gasteiger partial charge on any atom is -0.292 e. The predicted octanol–water partition coefficient (Wildman–Crippen LogP) is 1.98. The number of terminal acetylenes is 1. The number of nitrogens with zero attached hydrogens (tertiary/aromatic N) is 1. The monoisotopic (exact) mass is 359 g/mol. The van der Waals surface area contributed by atoms with Gasteiger partial charge in [0.1, 0.15) is 0 Å². The molecule has 1 aromatic rings. The highest BCUT2D eigenvalue weighted by atomic mass is 32.1. The molecule has 5 nitrogen and oxygen atoms in total. The maximum Gasteiger partial charge on any atom is 0.279 e. The highest BCUT2D eigenvalue weighted by Crippen LogP contribution is 2.32. The van der Waals surface area contributed by atoms with Crippen molar-refractivity contribution in [1.82, 2.24) is 15.8 Å². The Bertz CT molecular complexity index is 683. The molecule has 0 radical (unpaired) electrons. The molecule has 1 aromatic heterocycles. The van der Waals surface area contributed by atoms with Crippen LogP contribution in [-0.4, -0.2) is 36.3 Å². The number of hydrazine groups is 1. The van der Waals surface area contributed by atoms with Crippen LogP contribution in [0.1, 0.15) is 46.3 Å². The van der Waals surface area contributed by atoms with Gasteiger partial charge in [-0.05, 0) is 62.7 Å². The molecule has 0 bridgehead atoms. The molecule has 1 saturated heterocycles. The van der Waals surface area contributed by atoms with Crippen LogP contribution in [0.3, 0.4) is 0 Å². The Hall–Kier alpha value is -1.84. The minimum atomic E-state index is -0.217. The first kappa shape index (κ1) is 18.0. The summed E-state index contributed by atoms with van der Waals surface area (Å²) in [4.78, 5) is 28.7. The van der Waals surface area contributed by atoms with Crippen LogP contribution in [0.15, 0.2) is 6.07 Å². The van der Waals surface area contributed by atoms with Crippen LogP contribution < -0.4 is 10.9 Å². The molecule has 134 valence electrons. The fraction of sp³-hybridized carbons (Fsp3) is 0.579. The van der Waals surface area contributed by atoms with Crippen LogP contribution in [0.25, 0.3) is 0 Å². The molecule has 6 heteroatoms. The van der Waals surface area contributed by atoms with Crippen molar-refractivity contribution in [3.8, 4) is 12.3 Å². The second-order valence-electron chi connectivity index (χ2n) is 7.10.